The topological polar surface area (TPSA) is 47.3 Å². The van der Waals surface area contributed by atoms with E-state index in [9.17, 15) is 4.79 Å². The van der Waals surface area contributed by atoms with Crippen LogP contribution in [0.4, 0.5) is 5.69 Å². The Bertz CT molecular complexity index is 606. The van der Waals surface area contributed by atoms with E-state index in [1.807, 2.05) is 26.0 Å². The van der Waals surface area contributed by atoms with E-state index in [1.54, 1.807) is 4.90 Å². The van der Waals surface area contributed by atoms with Crippen molar-refractivity contribution < 1.29 is 4.79 Å². The largest absolute Gasteiger partial charge is 0.310 e. The van der Waals surface area contributed by atoms with Crippen molar-refractivity contribution in [2.24, 2.45) is 0 Å². The third-order valence-electron chi connectivity index (χ3n) is 5.04. The van der Waals surface area contributed by atoms with Crippen molar-refractivity contribution in [1.82, 2.24) is 4.90 Å². The van der Waals surface area contributed by atoms with Crippen LogP contribution in [-0.2, 0) is 4.79 Å². The van der Waals surface area contributed by atoms with Crippen LogP contribution < -0.4 is 4.90 Å². The summed E-state index contributed by atoms with van der Waals surface area (Å²) in [7, 11) is 0. The number of carbonyl (C=O) groups is 1. The number of carbonyl (C=O) groups excluding carboxylic acids is 1. The van der Waals surface area contributed by atoms with Gasteiger partial charge in [-0.25, -0.2) is 0 Å². The minimum atomic E-state index is 0.0980. The quantitative estimate of drug-likeness (QED) is 0.746. The summed E-state index contributed by atoms with van der Waals surface area (Å²) in [5.41, 5.74) is 3.19. The van der Waals surface area contributed by atoms with Crippen LogP contribution in [0, 0.1) is 25.2 Å². The lowest BCUT2D eigenvalue weighted by molar-refractivity contribution is -0.120. The lowest BCUT2D eigenvalue weighted by Gasteiger charge is -2.34. The number of nitriles is 1. The molecule has 0 radical (unpaired) electrons. The molecule has 1 aromatic carbocycles. The number of aryl methyl sites for hydroxylation is 2. The predicted molar refractivity (Wildman–Crippen MR) is 103 cm³/mol. The molecule has 1 aliphatic rings. The van der Waals surface area contributed by atoms with Crippen molar-refractivity contribution in [1.29, 1.82) is 5.26 Å². The summed E-state index contributed by atoms with van der Waals surface area (Å²) in [5, 5.41) is 9.00. The van der Waals surface area contributed by atoms with Crippen LogP contribution >= 0.6 is 0 Å². The van der Waals surface area contributed by atoms with Gasteiger partial charge in [0.15, 0.2) is 0 Å². The smallest absolute Gasteiger partial charge is 0.241 e. The van der Waals surface area contributed by atoms with E-state index in [-0.39, 0.29) is 5.91 Å². The molecule has 1 amide bonds. The van der Waals surface area contributed by atoms with Gasteiger partial charge in [-0.2, -0.15) is 5.26 Å². The first-order valence-corrected chi connectivity index (χ1v) is 9.43. The van der Waals surface area contributed by atoms with Crippen LogP contribution in [0.3, 0.4) is 0 Å². The highest BCUT2D eigenvalue weighted by Gasteiger charge is 2.28. The summed E-state index contributed by atoms with van der Waals surface area (Å²) in [5.74, 6) is 0.0980. The van der Waals surface area contributed by atoms with Gasteiger partial charge in [-0.05, 0) is 63.8 Å². The number of benzene rings is 1. The molecule has 4 nitrogen and oxygen atoms in total. The van der Waals surface area contributed by atoms with E-state index in [0.29, 0.717) is 31.6 Å². The molecule has 0 spiro atoms. The summed E-state index contributed by atoms with van der Waals surface area (Å²) < 4.78 is 0. The van der Waals surface area contributed by atoms with E-state index in [0.717, 1.165) is 16.8 Å². The fraction of sp³-hybridized carbons (Fsp3) is 0.619. The number of hydrogen-bond acceptors (Lipinski definition) is 3. The second kappa shape index (κ2) is 9.01. The number of nitrogens with zero attached hydrogens (tertiary/aromatic N) is 3. The maximum atomic E-state index is 13.1. The highest BCUT2D eigenvalue weighted by atomic mass is 16.2. The molecule has 0 unspecified atom stereocenters. The fourth-order valence-electron chi connectivity index (χ4n) is 3.88. The van der Waals surface area contributed by atoms with E-state index >= 15 is 0 Å². The summed E-state index contributed by atoms with van der Waals surface area (Å²) >= 11 is 0. The standard InChI is InChI=1S/C21H31N3O/c1-16(2)24(19-8-5-6-9-19)15-21(25)23(11-7-10-22)20-13-17(3)12-18(4)14-20/h12-14,16,19H,5-9,11,15H2,1-4H3. The SMILES string of the molecule is Cc1cc(C)cc(N(CCC#N)C(=O)CN(C(C)C)C2CCCC2)c1. The minimum Gasteiger partial charge on any atom is -0.310 e. The number of anilines is 1. The molecular formula is C21H31N3O. The molecule has 4 heteroatoms. The van der Waals surface area contributed by atoms with Gasteiger partial charge in [0, 0.05) is 24.3 Å². The Balaban J connectivity index is 2.20. The molecule has 1 fully saturated rings. The molecule has 2 rings (SSSR count). The van der Waals surface area contributed by atoms with Crippen molar-refractivity contribution in [3.8, 4) is 6.07 Å². The monoisotopic (exact) mass is 341 g/mol. The summed E-state index contributed by atoms with van der Waals surface area (Å²) in [4.78, 5) is 17.3. The average Bonchev–Trinajstić information content (AvgIpc) is 3.05. The zero-order valence-electron chi connectivity index (χ0n) is 16.1. The molecule has 136 valence electrons. The van der Waals surface area contributed by atoms with Gasteiger partial charge in [-0.3, -0.25) is 9.69 Å². The van der Waals surface area contributed by atoms with Crippen LogP contribution in [0.5, 0.6) is 0 Å². The first-order chi connectivity index (χ1) is 11.9. The number of hydrogen-bond donors (Lipinski definition) is 0. The zero-order valence-corrected chi connectivity index (χ0v) is 16.1. The van der Waals surface area contributed by atoms with Gasteiger partial charge in [-0.1, -0.05) is 18.9 Å². The van der Waals surface area contributed by atoms with Crippen LogP contribution in [0.25, 0.3) is 0 Å². The third-order valence-corrected chi connectivity index (χ3v) is 5.04. The Morgan fingerprint density at radius 3 is 2.32 bits per heavy atom. The molecule has 1 aromatic rings. The van der Waals surface area contributed by atoms with Gasteiger partial charge in [0.25, 0.3) is 0 Å². The summed E-state index contributed by atoms with van der Waals surface area (Å²) in [6.45, 7) is 9.31. The zero-order chi connectivity index (χ0) is 18.4. The van der Waals surface area contributed by atoms with Crippen molar-refractivity contribution >= 4 is 11.6 Å². The van der Waals surface area contributed by atoms with Crippen molar-refractivity contribution in [2.45, 2.75) is 71.9 Å². The fourth-order valence-corrected chi connectivity index (χ4v) is 3.88. The maximum absolute atomic E-state index is 13.1. The van der Waals surface area contributed by atoms with E-state index in [2.05, 4.69) is 30.9 Å². The normalized spacial score (nSPS) is 14.9. The summed E-state index contributed by atoms with van der Waals surface area (Å²) in [6.07, 6.45) is 5.25. The van der Waals surface area contributed by atoms with Crippen LogP contribution in [-0.4, -0.2) is 36.0 Å². The molecule has 1 aliphatic carbocycles. The molecule has 0 bridgehead atoms. The van der Waals surface area contributed by atoms with E-state index in [1.165, 1.54) is 25.7 Å². The molecule has 0 N–H and O–H groups in total. The molecular weight excluding hydrogens is 310 g/mol. The molecule has 1 saturated carbocycles. The molecule has 0 saturated heterocycles. The number of amides is 1. The third kappa shape index (κ3) is 5.31. The van der Waals surface area contributed by atoms with Crippen molar-refractivity contribution in [2.75, 3.05) is 18.0 Å². The van der Waals surface area contributed by atoms with E-state index in [4.69, 9.17) is 5.26 Å². The molecule has 25 heavy (non-hydrogen) atoms. The Morgan fingerprint density at radius 2 is 1.80 bits per heavy atom. The lowest BCUT2D eigenvalue weighted by atomic mass is 10.1. The second-order valence-electron chi connectivity index (χ2n) is 7.50. The predicted octanol–water partition coefficient (Wildman–Crippen LogP) is 4.20. The first-order valence-electron chi connectivity index (χ1n) is 9.43. The molecule has 0 atom stereocenters. The van der Waals surface area contributed by atoms with Gasteiger partial charge in [0.2, 0.25) is 5.91 Å². The van der Waals surface area contributed by atoms with Crippen LogP contribution in [0.2, 0.25) is 0 Å². The van der Waals surface area contributed by atoms with Crippen LogP contribution in [0.15, 0.2) is 18.2 Å². The Morgan fingerprint density at radius 1 is 1.20 bits per heavy atom. The van der Waals surface area contributed by atoms with Gasteiger partial charge in [0.1, 0.15) is 0 Å². The van der Waals surface area contributed by atoms with Crippen molar-refractivity contribution in [3.63, 3.8) is 0 Å². The molecule has 0 aliphatic heterocycles. The van der Waals surface area contributed by atoms with E-state index < -0.39 is 0 Å². The molecule has 0 heterocycles. The van der Waals surface area contributed by atoms with Gasteiger partial charge in [-0.15, -0.1) is 0 Å². The Labute approximate surface area is 152 Å². The Hall–Kier alpha value is -1.86. The van der Waals surface area contributed by atoms with Gasteiger partial charge >= 0.3 is 0 Å². The highest BCUT2D eigenvalue weighted by Crippen LogP contribution is 2.26. The van der Waals surface area contributed by atoms with Crippen molar-refractivity contribution in [3.05, 3.63) is 29.3 Å². The van der Waals surface area contributed by atoms with Gasteiger partial charge < -0.3 is 4.90 Å². The maximum Gasteiger partial charge on any atom is 0.241 e. The second-order valence-corrected chi connectivity index (χ2v) is 7.50. The van der Waals surface area contributed by atoms with Gasteiger partial charge in [0.05, 0.1) is 19.0 Å². The van der Waals surface area contributed by atoms with Crippen LogP contribution in [0.1, 0.15) is 57.1 Å². The highest BCUT2D eigenvalue weighted by molar-refractivity contribution is 5.95. The lowest BCUT2D eigenvalue weighted by Crippen LogP contribution is -2.47. The minimum absolute atomic E-state index is 0.0980. The Kier molecular flexibility index (Phi) is 7.01. The average molecular weight is 341 g/mol. The first kappa shape index (κ1) is 19.5. The number of rotatable bonds is 7. The molecule has 0 aromatic heterocycles. The summed E-state index contributed by atoms with van der Waals surface area (Å²) in [6, 6.07) is 9.23.